The van der Waals surface area contributed by atoms with E-state index in [4.69, 9.17) is 4.74 Å². The van der Waals surface area contributed by atoms with Gasteiger partial charge in [0.2, 0.25) is 0 Å². The summed E-state index contributed by atoms with van der Waals surface area (Å²) >= 11 is 0. The predicted molar refractivity (Wildman–Crippen MR) is 63.1 cm³/mol. The van der Waals surface area contributed by atoms with Gasteiger partial charge in [-0.15, -0.1) is 0 Å². The van der Waals surface area contributed by atoms with Crippen molar-refractivity contribution in [3.8, 4) is 0 Å². The zero-order valence-corrected chi connectivity index (χ0v) is 10.4. The number of nitrogens with zero attached hydrogens (tertiary/aromatic N) is 2. The van der Waals surface area contributed by atoms with Gasteiger partial charge in [-0.05, 0) is 13.3 Å². The Morgan fingerprint density at radius 2 is 2.31 bits per heavy atom. The number of hydrogen-bond donors (Lipinski definition) is 2. The summed E-state index contributed by atoms with van der Waals surface area (Å²) in [5.74, 6) is 1.67. The fraction of sp³-hybridized carbons (Fsp3) is 0.818. The van der Waals surface area contributed by atoms with Crippen molar-refractivity contribution in [2.24, 2.45) is 0 Å². The number of aromatic amines is 1. The predicted octanol–water partition coefficient (Wildman–Crippen LogP) is 1.41. The minimum Gasteiger partial charge on any atom is -0.383 e. The molecule has 1 heterocycles. The first-order valence-electron chi connectivity index (χ1n) is 5.86. The Morgan fingerprint density at radius 1 is 1.50 bits per heavy atom. The Kier molecular flexibility index (Phi) is 6.03. The van der Waals surface area contributed by atoms with E-state index in [0.29, 0.717) is 12.6 Å². The number of aromatic nitrogens is 3. The lowest BCUT2D eigenvalue weighted by molar-refractivity contribution is 0.160. The van der Waals surface area contributed by atoms with E-state index in [1.807, 2.05) is 6.92 Å². The molecule has 1 rings (SSSR count). The van der Waals surface area contributed by atoms with Crippen LogP contribution in [0.4, 0.5) is 0 Å². The molecule has 0 saturated heterocycles. The molecule has 0 bridgehead atoms. The van der Waals surface area contributed by atoms with Crippen molar-refractivity contribution in [2.75, 3.05) is 13.7 Å². The molecule has 16 heavy (non-hydrogen) atoms. The van der Waals surface area contributed by atoms with E-state index < -0.39 is 0 Å². The van der Waals surface area contributed by atoms with Crippen LogP contribution in [0.15, 0.2) is 0 Å². The first kappa shape index (κ1) is 13.1. The average Bonchev–Trinajstić information content (AvgIpc) is 2.68. The molecule has 0 saturated carbocycles. The Balaban J connectivity index is 2.30. The highest BCUT2D eigenvalue weighted by atomic mass is 16.5. The van der Waals surface area contributed by atoms with Crippen LogP contribution in [0.25, 0.3) is 0 Å². The molecule has 5 heteroatoms. The summed E-state index contributed by atoms with van der Waals surface area (Å²) in [5.41, 5.74) is 0. The molecular formula is C11H22N4O. The van der Waals surface area contributed by atoms with Crippen LogP contribution in [-0.2, 0) is 11.3 Å². The molecular weight excluding hydrogens is 204 g/mol. The van der Waals surface area contributed by atoms with Gasteiger partial charge in [0.05, 0.1) is 13.2 Å². The van der Waals surface area contributed by atoms with E-state index in [-0.39, 0.29) is 0 Å². The Hall–Kier alpha value is -0.940. The highest BCUT2D eigenvalue weighted by molar-refractivity contribution is 4.87. The Bertz CT molecular complexity index is 287. The molecule has 1 aromatic rings. The van der Waals surface area contributed by atoms with Gasteiger partial charge in [-0.3, -0.25) is 5.10 Å². The number of aryl methyl sites for hydroxylation is 1. The van der Waals surface area contributed by atoms with Gasteiger partial charge < -0.3 is 10.1 Å². The molecule has 0 aliphatic heterocycles. The lowest BCUT2D eigenvalue weighted by Crippen LogP contribution is -2.33. The van der Waals surface area contributed by atoms with Crippen molar-refractivity contribution in [3.63, 3.8) is 0 Å². The topological polar surface area (TPSA) is 62.8 Å². The quantitative estimate of drug-likeness (QED) is 0.703. The number of rotatable bonds is 8. The molecule has 0 fully saturated rings. The van der Waals surface area contributed by atoms with Crippen molar-refractivity contribution in [1.82, 2.24) is 20.5 Å². The largest absolute Gasteiger partial charge is 0.383 e. The second kappa shape index (κ2) is 7.35. The standard InChI is InChI=1S/C11H22N4O/c1-4-5-6-10(8-16-3)12-7-11-13-9(2)14-15-11/h10,12H,4-8H2,1-3H3,(H,13,14,15). The van der Waals surface area contributed by atoms with Crippen molar-refractivity contribution in [2.45, 2.75) is 45.7 Å². The van der Waals surface area contributed by atoms with Crippen molar-refractivity contribution < 1.29 is 4.74 Å². The summed E-state index contributed by atoms with van der Waals surface area (Å²) < 4.78 is 5.18. The van der Waals surface area contributed by atoms with Crippen LogP contribution in [0.1, 0.15) is 37.8 Å². The Morgan fingerprint density at radius 3 is 2.88 bits per heavy atom. The summed E-state index contributed by atoms with van der Waals surface area (Å²) in [6.45, 7) is 5.54. The molecule has 0 aliphatic carbocycles. The minimum absolute atomic E-state index is 0.392. The molecule has 0 spiro atoms. The fourth-order valence-corrected chi connectivity index (χ4v) is 1.60. The number of ether oxygens (including phenoxy) is 1. The fourth-order valence-electron chi connectivity index (χ4n) is 1.60. The highest BCUT2D eigenvalue weighted by Gasteiger charge is 2.08. The van der Waals surface area contributed by atoms with Gasteiger partial charge in [0.15, 0.2) is 5.82 Å². The maximum Gasteiger partial charge on any atom is 0.164 e. The van der Waals surface area contributed by atoms with E-state index >= 15 is 0 Å². The van der Waals surface area contributed by atoms with Crippen LogP contribution in [0.3, 0.4) is 0 Å². The maximum atomic E-state index is 5.18. The van der Waals surface area contributed by atoms with Crippen LogP contribution >= 0.6 is 0 Å². The van der Waals surface area contributed by atoms with Crippen LogP contribution in [0, 0.1) is 6.92 Å². The van der Waals surface area contributed by atoms with Gasteiger partial charge in [-0.25, -0.2) is 4.98 Å². The van der Waals surface area contributed by atoms with E-state index in [2.05, 4.69) is 27.4 Å². The van der Waals surface area contributed by atoms with Gasteiger partial charge >= 0.3 is 0 Å². The molecule has 0 amide bonds. The average molecular weight is 226 g/mol. The lowest BCUT2D eigenvalue weighted by Gasteiger charge is -2.16. The van der Waals surface area contributed by atoms with Crippen LogP contribution in [0.5, 0.6) is 0 Å². The summed E-state index contributed by atoms with van der Waals surface area (Å²) in [7, 11) is 1.73. The number of H-pyrrole nitrogens is 1. The third-order valence-corrected chi connectivity index (χ3v) is 2.47. The van der Waals surface area contributed by atoms with Gasteiger partial charge in [-0.2, -0.15) is 5.10 Å². The van der Waals surface area contributed by atoms with E-state index in [1.165, 1.54) is 12.8 Å². The summed E-state index contributed by atoms with van der Waals surface area (Å²) in [6.07, 6.45) is 3.56. The number of methoxy groups -OCH3 is 1. The van der Waals surface area contributed by atoms with Crippen molar-refractivity contribution >= 4 is 0 Å². The zero-order chi connectivity index (χ0) is 11.8. The van der Waals surface area contributed by atoms with Crippen molar-refractivity contribution in [3.05, 3.63) is 11.6 Å². The molecule has 1 atom stereocenters. The molecule has 0 aliphatic rings. The monoisotopic (exact) mass is 226 g/mol. The minimum atomic E-state index is 0.392. The highest BCUT2D eigenvalue weighted by Crippen LogP contribution is 2.02. The maximum absolute atomic E-state index is 5.18. The molecule has 0 radical (unpaired) electrons. The summed E-state index contributed by atoms with van der Waals surface area (Å²) in [4.78, 5) is 4.25. The summed E-state index contributed by atoms with van der Waals surface area (Å²) in [6, 6.07) is 0.392. The van der Waals surface area contributed by atoms with Crippen LogP contribution < -0.4 is 5.32 Å². The van der Waals surface area contributed by atoms with Crippen LogP contribution in [0.2, 0.25) is 0 Å². The van der Waals surface area contributed by atoms with E-state index in [9.17, 15) is 0 Å². The second-order valence-electron chi connectivity index (χ2n) is 4.01. The molecule has 1 unspecified atom stereocenters. The Labute approximate surface area is 97.0 Å². The molecule has 2 N–H and O–H groups in total. The zero-order valence-electron chi connectivity index (χ0n) is 10.4. The molecule has 0 aromatic carbocycles. The lowest BCUT2D eigenvalue weighted by atomic mass is 10.1. The second-order valence-corrected chi connectivity index (χ2v) is 4.01. The van der Waals surface area contributed by atoms with Gasteiger partial charge in [0, 0.05) is 13.2 Å². The SMILES string of the molecule is CCCCC(COC)NCc1n[nH]c(C)n1. The van der Waals surface area contributed by atoms with Crippen LogP contribution in [-0.4, -0.2) is 34.9 Å². The van der Waals surface area contributed by atoms with E-state index in [0.717, 1.165) is 24.7 Å². The van der Waals surface area contributed by atoms with Gasteiger partial charge in [0.1, 0.15) is 5.82 Å². The van der Waals surface area contributed by atoms with Gasteiger partial charge in [0.25, 0.3) is 0 Å². The normalized spacial score (nSPS) is 12.9. The first-order chi connectivity index (χ1) is 7.76. The third kappa shape index (κ3) is 4.72. The van der Waals surface area contributed by atoms with E-state index in [1.54, 1.807) is 7.11 Å². The summed E-state index contributed by atoms with van der Waals surface area (Å²) in [5, 5.41) is 10.3. The molecule has 92 valence electrons. The smallest absolute Gasteiger partial charge is 0.164 e. The van der Waals surface area contributed by atoms with Crippen molar-refractivity contribution in [1.29, 1.82) is 0 Å². The first-order valence-corrected chi connectivity index (χ1v) is 5.86. The number of nitrogens with one attached hydrogen (secondary N) is 2. The third-order valence-electron chi connectivity index (χ3n) is 2.47. The van der Waals surface area contributed by atoms with Gasteiger partial charge in [-0.1, -0.05) is 19.8 Å². The number of unbranched alkanes of at least 4 members (excludes halogenated alkanes) is 1. The number of hydrogen-bond acceptors (Lipinski definition) is 4. The molecule has 1 aromatic heterocycles. The molecule has 5 nitrogen and oxygen atoms in total.